The van der Waals surface area contributed by atoms with Crippen LogP contribution in [0.1, 0.15) is 18.6 Å². The molecule has 0 saturated carbocycles. The van der Waals surface area contributed by atoms with Gasteiger partial charge in [-0.2, -0.15) is 0 Å². The molecule has 0 radical (unpaired) electrons. The number of nitrogens with zero attached hydrogens (tertiary/aromatic N) is 2. The minimum atomic E-state index is -0.887. The van der Waals surface area contributed by atoms with Crippen molar-refractivity contribution in [2.45, 2.75) is 19.6 Å². The summed E-state index contributed by atoms with van der Waals surface area (Å²) in [6.45, 7) is 1.20. The predicted octanol–water partition coefficient (Wildman–Crippen LogP) is 4.15. The number of esters is 1. The highest BCUT2D eigenvalue weighted by atomic mass is 35.5. The molecular formula is C18H13Cl2FN2O3. The molecule has 0 N–H and O–H groups in total. The van der Waals surface area contributed by atoms with Gasteiger partial charge in [0.05, 0.1) is 22.3 Å². The van der Waals surface area contributed by atoms with Crippen LogP contribution in [0.25, 0.3) is 11.0 Å². The first-order valence-corrected chi connectivity index (χ1v) is 8.41. The number of ether oxygens (including phenoxy) is 1. The summed E-state index contributed by atoms with van der Waals surface area (Å²) in [5.41, 5.74) is 0.819. The molecule has 0 amide bonds. The molecule has 0 aliphatic carbocycles. The van der Waals surface area contributed by atoms with Crippen molar-refractivity contribution in [3.05, 3.63) is 74.4 Å². The number of para-hydroxylation sites is 2. The maximum Gasteiger partial charge on any atom is 0.326 e. The quantitative estimate of drug-likeness (QED) is 0.492. The summed E-state index contributed by atoms with van der Waals surface area (Å²) >= 11 is 12.0. The van der Waals surface area contributed by atoms with E-state index in [1.807, 2.05) is 0 Å². The van der Waals surface area contributed by atoms with Crippen LogP contribution < -0.4 is 5.56 Å². The molecule has 8 heteroatoms. The van der Waals surface area contributed by atoms with Crippen molar-refractivity contribution in [2.24, 2.45) is 0 Å². The number of fused-ring (bicyclic) bond motifs is 1. The molecule has 1 unspecified atom stereocenters. The Labute approximate surface area is 157 Å². The first-order chi connectivity index (χ1) is 12.4. The van der Waals surface area contributed by atoms with Gasteiger partial charge in [0.1, 0.15) is 18.5 Å². The minimum absolute atomic E-state index is 0.175. The van der Waals surface area contributed by atoms with E-state index in [0.717, 1.165) is 12.3 Å². The van der Waals surface area contributed by atoms with Crippen LogP contribution in [0.15, 0.2) is 47.4 Å². The molecule has 1 heterocycles. The molecule has 0 aliphatic rings. The lowest BCUT2D eigenvalue weighted by atomic mass is 10.1. The van der Waals surface area contributed by atoms with Crippen LogP contribution in [0.4, 0.5) is 4.39 Å². The van der Waals surface area contributed by atoms with Crippen molar-refractivity contribution in [1.29, 1.82) is 0 Å². The van der Waals surface area contributed by atoms with Crippen molar-refractivity contribution in [3.63, 3.8) is 0 Å². The molecule has 1 atom stereocenters. The third kappa shape index (κ3) is 3.57. The second-order valence-electron chi connectivity index (χ2n) is 5.56. The van der Waals surface area contributed by atoms with E-state index in [1.54, 1.807) is 24.3 Å². The molecule has 0 bridgehead atoms. The van der Waals surface area contributed by atoms with Crippen molar-refractivity contribution in [3.8, 4) is 0 Å². The molecule has 0 fully saturated rings. The molecule has 134 valence electrons. The maximum atomic E-state index is 13.6. The highest BCUT2D eigenvalue weighted by Gasteiger charge is 2.21. The average molecular weight is 395 g/mol. The largest absolute Gasteiger partial charge is 0.456 e. The maximum absolute atomic E-state index is 13.6. The van der Waals surface area contributed by atoms with E-state index in [2.05, 4.69) is 4.98 Å². The molecule has 3 aromatic rings. The summed E-state index contributed by atoms with van der Waals surface area (Å²) in [4.78, 5) is 28.4. The van der Waals surface area contributed by atoms with Crippen LogP contribution in [0, 0.1) is 5.82 Å². The van der Waals surface area contributed by atoms with E-state index < -0.39 is 23.4 Å². The summed E-state index contributed by atoms with van der Waals surface area (Å²) in [5.74, 6) is -1.35. The van der Waals surface area contributed by atoms with Gasteiger partial charge in [0.2, 0.25) is 0 Å². The van der Waals surface area contributed by atoms with Crippen molar-refractivity contribution < 1.29 is 13.9 Å². The molecular weight excluding hydrogens is 382 g/mol. The van der Waals surface area contributed by atoms with Crippen LogP contribution in [-0.2, 0) is 16.1 Å². The van der Waals surface area contributed by atoms with E-state index in [-0.39, 0.29) is 22.2 Å². The van der Waals surface area contributed by atoms with Gasteiger partial charge in [0.25, 0.3) is 5.56 Å². The van der Waals surface area contributed by atoms with Crippen molar-refractivity contribution in [2.75, 3.05) is 0 Å². The lowest BCUT2D eigenvalue weighted by molar-refractivity contribution is -0.149. The number of carbonyl (C=O) groups excluding carboxylic acids is 1. The van der Waals surface area contributed by atoms with Gasteiger partial charge in [0.15, 0.2) is 0 Å². The number of aromatic nitrogens is 2. The lowest BCUT2D eigenvalue weighted by Gasteiger charge is -2.17. The number of rotatable bonds is 4. The number of hydrogen-bond donors (Lipinski definition) is 0. The Morgan fingerprint density at radius 2 is 2.00 bits per heavy atom. The van der Waals surface area contributed by atoms with Gasteiger partial charge in [-0.25, -0.2) is 9.37 Å². The third-order valence-corrected chi connectivity index (χ3v) is 4.55. The Bertz CT molecular complexity index is 1050. The van der Waals surface area contributed by atoms with Gasteiger partial charge < -0.3 is 4.74 Å². The molecule has 0 aliphatic heterocycles. The number of carbonyl (C=O) groups is 1. The lowest BCUT2D eigenvalue weighted by Crippen LogP contribution is -2.26. The standard InChI is InChI=1S/C18H13Cl2FN2O3/c1-10(17-11(19)6-7-12(21)18(17)20)26-16(25)9-23-14-5-3-2-4-13(14)22-8-15(23)24/h2-8,10H,9H2,1H3. The van der Waals surface area contributed by atoms with Crippen LogP contribution in [-0.4, -0.2) is 15.5 Å². The highest BCUT2D eigenvalue weighted by molar-refractivity contribution is 6.36. The molecule has 0 spiro atoms. The second-order valence-corrected chi connectivity index (χ2v) is 6.35. The molecule has 26 heavy (non-hydrogen) atoms. The first-order valence-electron chi connectivity index (χ1n) is 7.66. The van der Waals surface area contributed by atoms with Crippen molar-refractivity contribution in [1.82, 2.24) is 9.55 Å². The van der Waals surface area contributed by atoms with Gasteiger partial charge >= 0.3 is 5.97 Å². The number of hydrogen-bond acceptors (Lipinski definition) is 4. The minimum Gasteiger partial charge on any atom is -0.456 e. The zero-order valence-corrected chi connectivity index (χ0v) is 15.1. The Balaban J connectivity index is 1.86. The van der Waals surface area contributed by atoms with Gasteiger partial charge in [-0.15, -0.1) is 0 Å². The smallest absolute Gasteiger partial charge is 0.326 e. The van der Waals surface area contributed by atoms with E-state index in [0.29, 0.717) is 11.0 Å². The van der Waals surface area contributed by atoms with Crippen LogP contribution in [0.3, 0.4) is 0 Å². The molecule has 1 aromatic heterocycles. The van der Waals surface area contributed by atoms with Gasteiger partial charge in [0, 0.05) is 10.6 Å². The van der Waals surface area contributed by atoms with Crippen LogP contribution in [0.5, 0.6) is 0 Å². The van der Waals surface area contributed by atoms with E-state index in [9.17, 15) is 14.0 Å². The first kappa shape index (κ1) is 18.4. The summed E-state index contributed by atoms with van der Waals surface area (Å²) in [6, 6.07) is 9.39. The van der Waals surface area contributed by atoms with E-state index in [4.69, 9.17) is 27.9 Å². The summed E-state index contributed by atoms with van der Waals surface area (Å²) in [5, 5.41) is -0.0208. The fourth-order valence-electron chi connectivity index (χ4n) is 2.62. The van der Waals surface area contributed by atoms with E-state index >= 15 is 0 Å². The van der Waals surface area contributed by atoms with Crippen LogP contribution >= 0.6 is 23.2 Å². The molecule has 3 rings (SSSR count). The fourth-order valence-corrected chi connectivity index (χ4v) is 3.29. The fraction of sp³-hybridized carbons (Fsp3) is 0.167. The average Bonchev–Trinajstić information content (AvgIpc) is 2.61. The topological polar surface area (TPSA) is 61.2 Å². The summed E-state index contributed by atoms with van der Waals surface area (Å²) in [6.07, 6.45) is 0.251. The molecule has 2 aromatic carbocycles. The summed E-state index contributed by atoms with van der Waals surface area (Å²) < 4.78 is 20.2. The predicted molar refractivity (Wildman–Crippen MR) is 96.9 cm³/mol. The van der Waals surface area contributed by atoms with E-state index in [1.165, 1.54) is 17.6 Å². The van der Waals surface area contributed by atoms with Crippen molar-refractivity contribution >= 4 is 40.2 Å². The Morgan fingerprint density at radius 3 is 2.77 bits per heavy atom. The van der Waals surface area contributed by atoms with Gasteiger partial charge in [-0.1, -0.05) is 35.3 Å². The second kappa shape index (κ2) is 7.43. The monoisotopic (exact) mass is 394 g/mol. The number of benzene rings is 2. The van der Waals surface area contributed by atoms with Crippen LogP contribution in [0.2, 0.25) is 10.0 Å². The number of halogens is 3. The zero-order chi connectivity index (χ0) is 18.8. The third-order valence-electron chi connectivity index (χ3n) is 3.83. The van der Waals surface area contributed by atoms with Gasteiger partial charge in [-0.3, -0.25) is 14.2 Å². The summed E-state index contributed by atoms with van der Waals surface area (Å²) in [7, 11) is 0. The molecule has 5 nitrogen and oxygen atoms in total. The Morgan fingerprint density at radius 1 is 1.27 bits per heavy atom. The SMILES string of the molecule is CC(OC(=O)Cn1c(=O)cnc2ccccc21)c1c(Cl)ccc(F)c1Cl. The zero-order valence-electron chi connectivity index (χ0n) is 13.6. The highest BCUT2D eigenvalue weighted by Crippen LogP contribution is 2.34. The Hall–Kier alpha value is -2.44. The molecule has 0 saturated heterocycles. The Kier molecular flexibility index (Phi) is 5.25. The normalized spacial score (nSPS) is 12.2. The van der Waals surface area contributed by atoms with Gasteiger partial charge in [-0.05, 0) is 31.2 Å².